The van der Waals surface area contributed by atoms with E-state index in [1.807, 2.05) is 65.0 Å². The van der Waals surface area contributed by atoms with Crippen molar-refractivity contribution in [3.63, 3.8) is 0 Å². The normalized spacial score (nSPS) is 13.5. The Balaban J connectivity index is 2.81. The zero-order chi connectivity index (χ0) is 13.1. The topological polar surface area (TPSA) is 26.3 Å². The highest BCUT2D eigenvalue weighted by Gasteiger charge is 2.32. The van der Waals surface area contributed by atoms with E-state index in [0.29, 0.717) is 5.92 Å². The van der Waals surface area contributed by atoms with Gasteiger partial charge in [-0.3, -0.25) is 4.79 Å². The molecular weight excluding hydrogens is 212 g/mol. The van der Waals surface area contributed by atoms with Gasteiger partial charge < -0.3 is 4.74 Å². The lowest BCUT2D eigenvalue weighted by Crippen LogP contribution is -2.34. The van der Waals surface area contributed by atoms with Crippen LogP contribution in [0, 0.1) is 5.92 Å². The summed E-state index contributed by atoms with van der Waals surface area (Å²) >= 11 is 0. The fraction of sp³-hybridized carbons (Fsp3) is 0.533. The van der Waals surface area contributed by atoms with Crippen LogP contribution in [0.15, 0.2) is 30.3 Å². The van der Waals surface area contributed by atoms with Gasteiger partial charge in [0.1, 0.15) is 6.10 Å². The molecule has 0 fully saturated rings. The highest BCUT2D eigenvalue weighted by Crippen LogP contribution is 2.25. The summed E-state index contributed by atoms with van der Waals surface area (Å²) in [5.41, 5.74) is 0.394. The maximum atomic E-state index is 12.2. The molecule has 0 heterocycles. The van der Waals surface area contributed by atoms with Gasteiger partial charge in [0.15, 0.2) is 0 Å². The van der Waals surface area contributed by atoms with Gasteiger partial charge in [-0.25, -0.2) is 0 Å². The van der Waals surface area contributed by atoms with Gasteiger partial charge >= 0.3 is 5.97 Å². The number of rotatable bonds is 4. The lowest BCUT2D eigenvalue weighted by Gasteiger charge is -2.26. The van der Waals surface area contributed by atoms with Crippen molar-refractivity contribution in [2.24, 2.45) is 5.92 Å². The number of esters is 1. The lowest BCUT2D eigenvalue weighted by atomic mass is 9.85. The maximum Gasteiger partial charge on any atom is 0.316 e. The largest absolute Gasteiger partial charge is 0.462 e. The molecule has 94 valence electrons. The van der Waals surface area contributed by atoms with Crippen molar-refractivity contribution in [1.82, 2.24) is 0 Å². The molecule has 0 saturated carbocycles. The van der Waals surface area contributed by atoms with Crippen LogP contribution in [0.3, 0.4) is 0 Å². The summed E-state index contributed by atoms with van der Waals surface area (Å²) in [5, 5.41) is 0. The minimum absolute atomic E-state index is 0.0505. The molecule has 0 radical (unpaired) electrons. The predicted molar refractivity (Wildman–Crippen MR) is 69.9 cm³/mol. The van der Waals surface area contributed by atoms with Crippen molar-refractivity contribution in [1.29, 1.82) is 0 Å². The average Bonchev–Trinajstić information content (AvgIpc) is 2.29. The molecule has 0 aliphatic rings. The minimum atomic E-state index is -0.593. The average molecular weight is 234 g/mol. The van der Waals surface area contributed by atoms with Crippen LogP contribution in [0.4, 0.5) is 0 Å². The molecule has 1 atom stereocenters. The molecule has 0 spiro atoms. The first-order valence-electron chi connectivity index (χ1n) is 6.12. The van der Waals surface area contributed by atoms with E-state index in [9.17, 15) is 4.79 Å². The third-order valence-corrected chi connectivity index (χ3v) is 3.24. The molecule has 0 N–H and O–H groups in total. The van der Waals surface area contributed by atoms with Crippen LogP contribution >= 0.6 is 0 Å². The van der Waals surface area contributed by atoms with Crippen LogP contribution in [0.25, 0.3) is 0 Å². The molecule has 0 aliphatic carbocycles. The van der Waals surface area contributed by atoms with Gasteiger partial charge in [-0.15, -0.1) is 0 Å². The number of hydrogen-bond donors (Lipinski definition) is 0. The molecule has 0 unspecified atom stereocenters. The van der Waals surface area contributed by atoms with Crippen LogP contribution in [0.1, 0.15) is 40.2 Å². The maximum absolute atomic E-state index is 12.2. The summed E-state index contributed by atoms with van der Waals surface area (Å²) in [6.07, 6.45) is -0.0505. The molecule has 0 saturated heterocycles. The van der Waals surface area contributed by atoms with Crippen LogP contribution < -0.4 is 0 Å². The van der Waals surface area contributed by atoms with E-state index in [2.05, 4.69) is 0 Å². The van der Waals surface area contributed by atoms with E-state index in [-0.39, 0.29) is 12.1 Å². The third kappa shape index (κ3) is 3.32. The lowest BCUT2D eigenvalue weighted by molar-refractivity contribution is -0.156. The molecule has 2 nitrogen and oxygen atoms in total. The van der Waals surface area contributed by atoms with Crippen LogP contribution in [-0.4, -0.2) is 12.1 Å². The summed E-state index contributed by atoms with van der Waals surface area (Å²) in [6.45, 7) is 9.83. The number of carbonyl (C=O) groups is 1. The zero-order valence-corrected chi connectivity index (χ0v) is 11.4. The van der Waals surface area contributed by atoms with Gasteiger partial charge in [-0.05, 0) is 32.3 Å². The Morgan fingerprint density at radius 3 is 2.12 bits per heavy atom. The van der Waals surface area contributed by atoms with Crippen LogP contribution in [0.2, 0.25) is 0 Å². The van der Waals surface area contributed by atoms with Gasteiger partial charge in [0.05, 0.1) is 5.41 Å². The van der Waals surface area contributed by atoms with Crippen LogP contribution in [0.5, 0.6) is 0 Å². The first-order chi connectivity index (χ1) is 7.85. The fourth-order valence-corrected chi connectivity index (χ4v) is 1.42. The van der Waals surface area contributed by atoms with E-state index in [4.69, 9.17) is 4.74 Å². The number of ether oxygens (including phenoxy) is 1. The molecule has 1 aromatic carbocycles. The van der Waals surface area contributed by atoms with E-state index < -0.39 is 5.41 Å². The Bertz CT molecular complexity index is 366. The van der Waals surface area contributed by atoms with Gasteiger partial charge in [-0.2, -0.15) is 0 Å². The van der Waals surface area contributed by atoms with Crippen molar-refractivity contribution in [3.05, 3.63) is 35.9 Å². The van der Waals surface area contributed by atoms with Gasteiger partial charge in [0.25, 0.3) is 0 Å². The Morgan fingerprint density at radius 2 is 1.65 bits per heavy atom. The molecular formula is C15H22O2. The Hall–Kier alpha value is -1.31. The molecule has 1 rings (SSSR count). The molecule has 0 aromatic heterocycles. The first-order valence-corrected chi connectivity index (χ1v) is 6.12. The summed E-state index contributed by atoms with van der Waals surface area (Å²) in [5.74, 6) is 0.176. The highest BCUT2D eigenvalue weighted by atomic mass is 16.5. The quantitative estimate of drug-likeness (QED) is 0.745. The van der Waals surface area contributed by atoms with Crippen LogP contribution in [-0.2, 0) is 14.9 Å². The second-order valence-electron chi connectivity index (χ2n) is 5.35. The molecule has 0 bridgehead atoms. The van der Waals surface area contributed by atoms with E-state index in [0.717, 1.165) is 5.56 Å². The van der Waals surface area contributed by atoms with Crippen molar-refractivity contribution >= 4 is 5.97 Å². The van der Waals surface area contributed by atoms with Crippen molar-refractivity contribution in [2.75, 3.05) is 0 Å². The standard InChI is InChI=1S/C15H22O2/c1-11(2)12(3)17-14(16)15(4,5)13-9-7-6-8-10-13/h6-12H,1-5H3/t12-/m0/s1. The van der Waals surface area contributed by atoms with E-state index >= 15 is 0 Å². The number of carbonyl (C=O) groups excluding carboxylic acids is 1. The Kier molecular flexibility index (Phi) is 4.33. The number of hydrogen-bond acceptors (Lipinski definition) is 2. The van der Waals surface area contributed by atoms with E-state index in [1.165, 1.54) is 0 Å². The van der Waals surface area contributed by atoms with Gasteiger partial charge in [0, 0.05) is 0 Å². The second kappa shape index (κ2) is 5.35. The molecule has 0 aliphatic heterocycles. The predicted octanol–water partition coefficient (Wildman–Crippen LogP) is 3.55. The van der Waals surface area contributed by atoms with Gasteiger partial charge in [0.2, 0.25) is 0 Å². The summed E-state index contributed by atoms with van der Waals surface area (Å²) in [7, 11) is 0. The summed E-state index contributed by atoms with van der Waals surface area (Å²) in [4.78, 5) is 12.2. The summed E-state index contributed by atoms with van der Waals surface area (Å²) in [6, 6.07) is 9.75. The van der Waals surface area contributed by atoms with E-state index in [1.54, 1.807) is 0 Å². The fourth-order valence-electron chi connectivity index (χ4n) is 1.42. The third-order valence-electron chi connectivity index (χ3n) is 3.24. The van der Waals surface area contributed by atoms with Gasteiger partial charge in [-0.1, -0.05) is 44.2 Å². The zero-order valence-electron chi connectivity index (χ0n) is 11.4. The minimum Gasteiger partial charge on any atom is -0.462 e. The monoisotopic (exact) mass is 234 g/mol. The molecule has 17 heavy (non-hydrogen) atoms. The Morgan fingerprint density at radius 1 is 1.12 bits per heavy atom. The Labute approximate surface area is 104 Å². The molecule has 0 amide bonds. The summed E-state index contributed by atoms with van der Waals surface area (Å²) < 4.78 is 5.49. The second-order valence-corrected chi connectivity index (χ2v) is 5.35. The number of benzene rings is 1. The molecule has 2 heteroatoms. The SMILES string of the molecule is CC(C)[C@H](C)OC(=O)C(C)(C)c1ccccc1. The first kappa shape index (κ1) is 13.8. The highest BCUT2D eigenvalue weighted by molar-refractivity contribution is 5.82. The van der Waals surface area contributed by atoms with Crippen molar-refractivity contribution in [3.8, 4) is 0 Å². The molecule has 1 aromatic rings. The smallest absolute Gasteiger partial charge is 0.316 e. The van der Waals surface area contributed by atoms with Crippen molar-refractivity contribution in [2.45, 2.75) is 46.1 Å². The van der Waals surface area contributed by atoms with Crippen molar-refractivity contribution < 1.29 is 9.53 Å².